The molecule has 1 fully saturated rings. The molecule has 3 rings (SSSR count). The number of H-pyrrole nitrogens is 1. The highest BCUT2D eigenvalue weighted by Crippen LogP contribution is 2.39. The lowest BCUT2D eigenvalue weighted by molar-refractivity contribution is -0.0763. The van der Waals surface area contributed by atoms with E-state index in [0.717, 1.165) is 11.3 Å². The lowest BCUT2D eigenvalue weighted by Crippen LogP contribution is -2.30. The van der Waals surface area contributed by atoms with Gasteiger partial charge in [0.15, 0.2) is 5.65 Å². The number of aliphatic hydroxyl groups excluding tert-OH is 1. The molecular formula is C15H22N4O5S. The smallest absolute Gasteiger partial charge is 0.311 e. The standard InChI is InChI=1S/C15H22N4O5S/c1-4-8(20)9-5-7(6(2)23-3)13(24-9)19-11-10(25-15(19)22)12(21)18-14(16)17-11/h6-9,13,20H,4-5H2,1-3H3,(H3,16,17,18,21)/t6?,7-,8?,9-,13+/m0/s1. The number of hydrogen-bond acceptors (Lipinski definition) is 8. The predicted octanol–water partition coefficient (Wildman–Crippen LogP) is 0.438. The van der Waals surface area contributed by atoms with Gasteiger partial charge >= 0.3 is 4.87 Å². The minimum absolute atomic E-state index is 0.0662. The van der Waals surface area contributed by atoms with E-state index in [2.05, 4.69) is 9.97 Å². The Labute approximate surface area is 147 Å². The lowest BCUT2D eigenvalue weighted by atomic mass is 9.95. The van der Waals surface area contributed by atoms with E-state index in [0.29, 0.717) is 12.8 Å². The average Bonchev–Trinajstić information content (AvgIpc) is 3.14. The number of aromatic nitrogens is 3. The summed E-state index contributed by atoms with van der Waals surface area (Å²) in [6, 6.07) is 0. The Hall–Kier alpha value is -1.75. The molecular weight excluding hydrogens is 348 g/mol. The van der Waals surface area contributed by atoms with Gasteiger partial charge in [0.05, 0.1) is 18.3 Å². The van der Waals surface area contributed by atoms with E-state index in [1.165, 1.54) is 4.57 Å². The van der Waals surface area contributed by atoms with E-state index in [1.807, 2.05) is 13.8 Å². The number of nitrogens with one attached hydrogen (secondary N) is 1. The number of fused-ring (bicyclic) bond motifs is 1. The number of methoxy groups -OCH3 is 1. The summed E-state index contributed by atoms with van der Waals surface area (Å²) in [6.45, 7) is 3.75. The molecule has 2 aromatic rings. The molecule has 9 nitrogen and oxygen atoms in total. The fraction of sp³-hybridized carbons (Fsp3) is 0.667. The largest absolute Gasteiger partial charge is 0.390 e. The molecule has 138 valence electrons. The predicted molar refractivity (Wildman–Crippen MR) is 93.7 cm³/mol. The summed E-state index contributed by atoms with van der Waals surface area (Å²) in [6.07, 6.45) is -0.874. The topological polar surface area (TPSA) is 132 Å². The Morgan fingerprint density at radius 2 is 2.28 bits per heavy atom. The summed E-state index contributed by atoms with van der Waals surface area (Å²) in [5.74, 6) is -0.238. The summed E-state index contributed by atoms with van der Waals surface area (Å²) in [5, 5.41) is 10.2. The number of thiazole rings is 1. The Morgan fingerprint density at radius 1 is 1.56 bits per heavy atom. The van der Waals surface area contributed by atoms with Crippen molar-refractivity contribution in [3.05, 3.63) is 20.0 Å². The number of nitrogens with zero attached hydrogens (tertiary/aromatic N) is 2. The van der Waals surface area contributed by atoms with Crippen LogP contribution in [-0.2, 0) is 9.47 Å². The Kier molecular flexibility index (Phi) is 4.96. The summed E-state index contributed by atoms with van der Waals surface area (Å²) < 4.78 is 13.0. The van der Waals surface area contributed by atoms with Crippen LogP contribution in [0, 0.1) is 5.92 Å². The molecule has 1 aliphatic heterocycles. The highest BCUT2D eigenvalue weighted by Gasteiger charge is 2.43. The number of ether oxygens (including phenoxy) is 2. The van der Waals surface area contributed by atoms with E-state index in [9.17, 15) is 14.7 Å². The van der Waals surface area contributed by atoms with Crippen LogP contribution in [0.25, 0.3) is 10.3 Å². The number of aromatic amines is 1. The monoisotopic (exact) mass is 370 g/mol. The molecule has 1 saturated heterocycles. The van der Waals surface area contributed by atoms with Crippen molar-refractivity contribution in [2.75, 3.05) is 12.8 Å². The van der Waals surface area contributed by atoms with Crippen molar-refractivity contribution in [3.63, 3.8) is 0 Å². The molecule has 1 aliphatic rings. The van der Waals surface area contributed by atoms with Gasteiger partial charge < -0.3 is 20.3 Å². The molecule has 0 saturated carbocycles. The molecule has 3 heterocycles. The molecule has 2 unspecified atom stereocenters. The molecule has 4 N–H and O–H groups in total. The minimum Gasteiger partial charge on any atom is -0.390 e. The van der Waals surface area contributed by atoms with Crippen LogP contribution in [0.4, 0.5) is 5.95 Å². The van der Waals surface area contributed by atoms with E-state index < -0.39 is 24.0 Å². The van der Waals surface area contributed by atoms with Gasteiger partial charge in [-0.05, 0) is 19.8 Å². The van der Waals surface area contributed by atoms with Gasteiger partial charge in [-0.25, -0.2) is 0 Å². The van der Waals surface area contributed by atoms with Crippen molar-refractivity contribution in [1.29, 1.82) is 0 Å². The van der Waals surface area contributed by atoms with Crippen molar-refractivity contribution in [2.45, 2.75) is 51.2 Å². The number of rotatable bonds is 5. The van der Waals surface area contributed by atoms with Gasteiger partial charge in [0.1, 0.15) is 10.9 Å². The zero-order valence-corrected chi connectivity index (χ0v) is 15.1. The summed E-state index contributed by atoms with van der Waals surface area (Å²) in [7, 11) is 1.58. The maximum Gasteiger partial charge on any atom is 0.311 e. The Morgan fingerprint density at radius 3 is 2.92 bits per heavy atom. The normalized spacial score (nSPS) is 26.2. The zero-order valence-electron chi connectivity index (χ0n) is 14.3. The fourth-order valence-electron chi connectivity index (χ4n) is 3.25. The highest BCUT2D eigenvalue weighted by atomic mass is 32.1. The molecule has 0 spiro atoms. The second-order valence-corrected chi connectivity index (χ2v) is 7.18. The highest BCUT2D eigenvalue weighted by molar-refractivity contribution is 7.16. The van der Waals surface area contributed by atoms with Gasteiger partial charge in [-0.3, -0.25) is 19.1 Å². The number of hydrogen-bond donors (Lipinski definition) is 3. The third kappa shape index (κ3) is 3.10. The van der Waals surface area contributed by atoms with Crippen LogP contribution >= 0.6 is 11.3 Å². The van der Waals surface area contributed by atoms with Gasteiger partial charge in [0, 0.05) is 13.0 Å². The molecule has 0 aromatic carbocycles. The zero-order chi connectivity index (χ0) is 18.3. The minimum atomic E-state index is -0.684. The quantitative estimate of drug-likeness (QED) is 0.695. The van der Waals surface area contributed by atoms with Gasteiger partial charge in [0.25, 0.3) is 5.56 Å². The van der Waals surface area contributed by atoms with Crippen molar-refractivity contribution >= 4 is 27.6 Å². The molecule has 0 bridgehead atoms. The third-order valence-corrected chi connectivity index (χ3v) is 5.70. The van der Waals surface area contributed by atoms with Gasteiger partial charge in [-0.1, -0.05) is 18.3 Å². The maximum absolute atomic E-state index is 12.6. The van der Waals surface area contributed by atoms with E-state index >= 15 is 0 Å². The maximum atomic E-state index is 12.6. The number of anilines is 1. The second-order valence-electron chi connectivity index (χ2n) is 6.22. The van der Waals surface area contributed by atoms with E-state index in [-0.39, 0.29) is 33.2 Å². The van der Waals surface area contributed by atoms with Crippen LogP contribution in [0.5, 0.6) is 0 Å². The summed E-state index contributed by atoms with van der Waals surface area (Å²) >= 11 is 0.800. The van der Waals surface area contributed by atoms with Crippen LogP contribution in [0.1, 0.15) is 32.9 Å². The van der Waals surface area contributed by atoms with Crippen LogP contribution in [0.15, 0.2) is 9.59 Å². The van der Waals surface area contributed by atoms with Crippen LogP contribution < -0.4 is 16.2 Å². The first-order valence-electron chi connectivity index (χ1n) is 8.14. The molecule has 2 aromatic heterocycles. The lowest BCUT2D eigenvalue weighted by Gasteiger charge is -2.24. The number of nitrogens with two attached hydrogens (primary N) is 1. The van der Waals surface area contributed by atoms with Crippen molar-refractivity contribution < 1.29 is 14.6 Å². The number of nitrogen functional groups attached to an aromatic ring is 1. The molecule has 5 atom stereocenters. The second kappa shape index (κ2) is 6.87. The van der Waals surface area contributed by atoms with Crippen molar-refractivity contribution in [2.24, 2.45) is 5.92 Å². The van der Waals surface area contributed by atoms with Crippen molar-refractivity contribution in [1.82, 2.24) is 14.5 Å². The molecule has 0 radical (unpaired) electrons. The first-order valence-corrected chi connectivity index (χ1v) is 8.96. The third-order valence-electron chi connectivity index (χ3n) is 4.75. The Balaban J connectivity index is 2.12. The SMILES string of the molecule is CCC(O)[C@@H]1C[C@@H](C(C)OC)[C@H](n2c(=O)sc3c(=O)[nH]c(N)nc32)O1. The molecule has 10 heteroatoms. The molecule has 25 heavy (non-hydrogen) atoms. The Bertz CT molecular complexity index is 875. The van der Waals surface area contributed by atoms with Crippen LogP contribution in [0.2, 0.25) is 0 Å². The summed E-state index contributed by atoms with van der Waals surface area (Å²) in [5.41, 5.74) is 5.38. The van der Waals surface area contributed by atoms with E-state index in [1.54, 1.807) is 7.11 Å². The van der Waals surface area contributed by atoms with Gasteiger partial charge in [-0.2, -0.15) is 4.98 Å². The van der Waals surface area contributed by atoms with Crippen molar-refractivity contribution in [3.8, 4) is 0 Å². The first-order chi connectivity index (χ1) is 11.9. The van der Waals surface area contributed by atoms with E-state index in [4.69, 9.17) is 15.2 Å². The van der Waals surface area contributed by atoms with Crippen LogP contribution in [0.3, 0.4) is 0 Å². The van der Waals surface area contributed by atoms with Gasteiger partial charge in [-0.15, -0.1) is 0 Å². The molecule has 0 aliphatic carbocycles. The number of aliphatic hydroxyl groups is 1. The summed E-state index contributed by atoms with van der Waals surface area (Å²) in [4.78, 5) is 30.8. The first kappa shape index (κ1) is 18.1. The fourth-order valence-corrected chi connectivity index (χ4v) is 4.09. The van der Waals surface area contributed by atoms with Gasteiger partial charge in [0.2, 0.25) is 5.95 Å². The van der Waals surface area contributed by atoms with Crippen LogP contribution in [-0.4, -0.2) is 45.1 Å². The average molecular weight is 370 g/mol. The molecule has 0 amide bonds.